The maximum atomic E-state index is 13.5. The molecular weight excluding hydrogens is 253 g/mol. The lowest BCUT2D eigenvalue weighted by molar-refractivity contribution is 0.191. The van der Waals surface area contributed by atoms with Crippen LogP contribution in [-0.2, 0) is 0 Å². The highest BCUT2D eigenvalue weighted by Gasteiger charge is 2.10. The molecule has 2 nitrogen and oxygen atoms in total. The maximum absolute atomic E-state index is 13.5. The average Bonchev–Trinajstić information content (AvgIpc) is 2.39. The van der Waals surface area contributed by atoms with E-state index in [9.17, 15) is 9.50 Å². The van der Waals surface area contributed by atoms with Crippen molar-refractivity contribution in [2.75, 3.05) is 11.9 Å². The molecule has 0 aliphatic rings. The summed E-state index contributed by atoms with van der Waals surface area (Å²) in [6.45, 7) is 0.199. The Balaban J connectivity index is 2.04. The molecule has 2 N–H and O–H groups in total. The van der Waals surface area contributed by atoms with Crippen LogP contribution < -0.4 is 5.32 Å². The van der Waals surface area contributed by atoms with Crippen LogP contribution in [0.25, 0.3) is 0 Å². The number of benzene rings is 2. The van der Waals surface area contributed by atoms with Gasteiger partial charge in [-0.05, 0) is 17.7 Å². The molecule has 0 amide bonds. The molecule has 4 heteroatoms. The van der Waals surface area contributed by atoms with Gasteiger partial charge in [0.15, 0.2) is 0 Å². The smallest absolute Gasteiger partial charge is 0.147 e. The molecule has 0 saturated heterocycles. The molecule has 2 aromatic rings. The topological polar surface area (TPSA) is 32.3 Å². The minimum absolute atomic E-state index is 0.199. The van der Waals surface area contributed by atoms with Crippen molar-refractivity contribution in [3.8, 4) is 0 Å². The van der Waals surface area contributed by atoms with Gasteiger partial charge in [0, 0.05) is 6.54 Å². The molecule has 0 spiro atoms. The first-order valence-corrected chi connectivity index (χ1v) is 5.97. The van der Waals surface area contributed by atoms with E-state index in [2.05, 4.69) is 5.32 Å². The van der Waals surface area contributed by atoms with Crippen LogP contribution >= 0.6 is 11.6 Å². The maximum Gasteiger partial charge on any atom is 0.147 e. The number of aliphatic hydroxyl groups excluding tert-OH is 1. The van der Waals surface area contributed by atoms with Crippen molar-refractivity contribution < 1.29 is 9.50 Å². The van der Waals surface area contributed by atoms with Crippen LogP contribution in [0.2, 0.25) is 5.02 Å². The van der Waals surface area contributed by atoms with Gasteiger partial charge < -0.3 is 10.4 Å². The Morgan fingerprint density at radius 2 is 1.83 bits per heavy atom. The molecule has 2 rings (SSSR count). The van der Waals surface area contributed by atoms with Crippen LogP contribution in [0.1, 0.15) is 11.7 Å². The van der Waals surface area contributed by atoms with Crippen molar-refractivity contribution in [1.82, 2.24) is 0 Å². The molecule has 0 bridgehead atoms. The van der Waals surface area contributed by atoms with E-state index in [1.165, 1.54) is 12.1 Å². The fraction of sp³-hybridized carbons (Fsp3) is 0.143. The van der Waals surface area contributed by atoms with E-state index < -0.39 is 11.9 Å². The molecule has 0 aromatic heterocycles. The lowest BCUT2D eigenvalue weighted by Gasteiger charge is -2.14. The Hall–Kier alpha value is -1.58. The van der Waals surface area contributed by atoms with E-state index in [0.29, 0.717) is 5.02 Å². The summed E-state index contributed by atoms with van der Waals surface area (Å²) in [7, 11) is 0. The van der Waals surface area contributed by atoms with Gasteiger partial charge in [-0.3, -0.25) is 0 Å². The first kappa shape index (κ1) is 12.9. The molecule has 0 saturated carbocycles. The summed E-state index contributed by atoms with van der Waals surface area (Å²) in [5.41, 5.74) is 0.992. The normalized spacial score (nSPS) is 12.2. The monoisotopic (exact) mass is 265 g/mol. The van der Waals surface area contributed by atoms with Crippen molar-refractivity contribution in [2.24, 2.45) is 0 Å². The highest BCUT2D eigenvalue weighted by molar-refractivity contribution is 6.33. The minimum atomic E-state index is -0.707. The van der Waals surface area contributed by atoms with Crippen molar-refractivity contribution >= 4 is 17.3 Å². The van der Waals surface area contributed by atoms with Crippen molar-refractivity contribution in [3.05, 3.63) is 64.9 Å². The largest absolute Gasteiger partial charge is 0.387 e. The summed E-state index contributed by atoms with van der Waals surface area (Å²) in [5.74, 6) is -0.428. The molecule has 0 radical (unpaired) electrons. The lowest BCUT2D eigenvalue weighted by atomic mass is 10.1. The third-order valence-electron chi connectivity index (χ3n) is 2.62. The molecule has 94 valence electrons. The number of para-hydroxylation sites is 1. The Kier molecular flexibility index (Phi) is 4.18. The van der Waals surface area contributed by atoms with Gasteiger partial charge in [0.25, 0.3) is 0 Å². The lowest BCUT2D eigenvalue weighted by Crippen LogP contribution is -2.13. The molecule has 0 aliphatic heterocycles. The number of halogens is 2. The predicted octanol–water partition coefficient (Wildman–Crippen LogP) is 3.62. The van der Waals surface area contributed by atoms with E-state index in [-0.39, 0.29) is 12.2 Å². The zero-order valence-corrected chi connectivity index (χ0v) is 10.4. The zero-order valence-electron chi connectivity index (χ0n) is 9.61. The summed E-state index contributed by atoms with van der Waals surface area (Å²) < 4.78 is 13.5. The molecule has 0 aliphatic carbocycles. The van der Waals surface area contributed by atoms with E-state index in [0.717, 1.165) is 5.56 Å². The molecule has 1 unspecified atom stereocenters. The van der Waals surface area contributed by atoms with Gasteiger partial charge in [-0.15, -0.1) is 0 Å². The van der Waals surface area contributed by atoms with Gasteiger partial charge in [-0.25, -0.2) is 4.39 Å². The SMILES string of the molecule is OC(CNc1c(F)cccc1Cl)c1ccccc1. The van der Waals surface area contributed by atoms with E-state index in [4.69, 9.17) is 11.6 Å². The molecule has 0 heterocycles. The van der Waals surface area contributed by atoms with Crippen LogP contribution in [0.5, 0.6) is 0 Å². The second-order valence-electron chi connectivity index (χ2n) is 3.90. The van der Waals surface area contributed by atoms with Crippen LogP contribution in [0, 0.1) is 5.82 Å². The van der Waals surface area contributed by atoms with Gasteiger partial charge >= 0.3 is 0 Å². The summed E-state index contributed by atoms with van der Waals surface area (Å²) >= 11 is 5.87. The van der Waals surface area contributed by atoms with Gasteiger partial charge in [0.05, 0.1) is 16.8 Å². The quantitative estimate of drug-likeness (QED) is 0.885. The van der Waals surface area contributed by atoms with Gasteiger partial charge in [-0.2, -0.15) is 0 Å². The van der Waals surface area contributed by atoms with Gasteiger partial charge in [0.2, 0.25) is 0 Å². The number of anilines is 1. The standard InChI is InChI=1S/C14H13ClFNO/c15-11-7-4-8-12(16)14(11)17-9-13(18)10-5-2-1-3-6-10/h1-8,13,17-18H,9H2. The average molecular weight is 266 g/mol. The third-order valence-corrected chi connectivity index (χ3v) is 2.93. The second-order valence-corrected chi connectivity index (χ2v) is 4.31. The van der Waals surface area contributed by atoms with Crippen LogP contribution in [0.3, 0.4) is 0 Å². The summed E-state index contributed by atoms with van der Waals surface area (Å²) in [6.07, 6.45) is -0.707. The summed E-state index contributed by atoms with van der Waals surface area (Å²) in [6, 6.07) is 13.6. The zero-order chi connectivity index (χ0) is 13.0. The first-order valence-electron chi connectivity index (χ1n) is 5.59. The Bertz CT molecular complexity index is 498. The fourth-order valence-electron chi connectivity index (χ4n) is 1.66. The first-order chi connectivity index (χ1) is 8.68. The molecular formula is C14H13ClFNO. The number of rotatable bonds is 4. The fourth-order valence-corrected chi connectivity index (χ4v) is 1.89. The Labute approximate surface area is 110 Å². The van der Waals surface area contributed by atoms with E-state index >= 15 is 0 Å². The van der Waals surface area contributed by atoms with Gasteiger partial charge in [0.1, 0.15) is 5.82 Å². The summed E-state index contributed by atoms with van der Waals surface area (Å²) in [4.78, 5) is 0. The number of hydrogen-bond donors (Lipinski definition) is 2. The predicted molar refractivity (Wildman–Crippen MR) is 71.3 cm³/mol. The highest BCUT2D eigenvalue weighted by atomic mass is 35.5. The Morgan fingerprint density at radius 1 is 1.11 bits per heavy atom. The van der Waals surface area contributed by atoms with Crippen molar-refractivity contribution in [3.63, 3.8) is 0 Å². The minimum Gasteiger partial charge on any atom is -0.387 e. The second kappa shape index (κ2) is 5.85. The third kappa shape index (κ3) is 3.00. The molecule has 1 atom stereocenters. The summed E-state index contributed by atoms with van der Waals surface area (Å²) in [5, 5.41) is 13.1. The van der Waals surface area contributed by atoms with E-state index in [1.807, 2.05) is 30.3 Å². The van der Waals surface area contributed by atoms with Crippen LogP contribution in [-0.4, -0.2) is 11.7 Å². The number of nitrogens with one attached hydrogen (secondary N) is 1. The number of hydrogen-bond acceptors (Lipinski definition) is 2. The molecule has 2 aromatic carbocycles. The molecule has 18 heavy (non-hydrogen) atoms. The Morgan fingerprint density at radius 3 is 2.50 bits per heavy atom. The van der Waals surface area contributed by atoms with E-state index in [1.54, 1.807) is 6.07 Å². The van der Waals surface area contributed by atoms with Crippen LogP contribution in [0.4, 0.5) is 10.1 Å². The van der Waals surface area contributed by atoms with Gasteiger partial charge in [-0.1, -0.05) is 48.0 Å². The highest BCUT2D eigenvalue weighted by Crippen LogP contribution is 2.25. The van der Waals surface area contributed by atoms with Crippen molar-refractivity contribution in [1.29, 1.82) is 0 Å². The van der Waals surface area contributed by atoms with Crippen LogP contribution in [0.15, 0.2) is 48.5 Å². The van der Waals surface area contributed by atoms with Crippen molar-refractivity contribution in [2.45, 2.75) is 6.10 Å². The molecule has 0 fully saturated rings. The number of aliphatic hydroxyl groups is 1.